The molecule has 6 aliphatic carbocycles. The summed E-state index contributed by atoms with van der Waals surface area (Å²) in [6.45, 7) is 9.87. The molecular weight excluding hydrogens is 663 g/mol. The average molecular weight is 714 g/mol. The number of hydrogen-bond donors (Lipinski definition) is 0. The molecule has 2 spiro atoms. The second kappa shape index (κ2) is 10.9. The van der Waals surface area contributed by atoms with E-state index in [2.05, 4.69) is 172 Å². The first kappa shape index (κ1) is 32.4. The zero-order valence-electron chi connectivity index (χ0n) is 32.8. The molecule has 1 heteroatoms. The van der Waals surface area contributed by atoms with Gasteiger partial charge in [-0.2, -0.15) is 0 Å². The number of hydrogen-bond acceptors (Lipinski definition) is 1. The van der Waals surface area contributed by atoms with Gasteiger partial charge in [0.25, 0.3) is 0 Å². The zero-order chi connectivity index (χ0) is 36.9. The highest BCUT2D eigenvalue weighted by molar-refractivity contribution is 5.96. The van der Waals surface area contributed by atoms with Crippen LogP contribution in [0.2, 0.25) is 0 Å². The van der Waals surface area contributed by atoms with Gasteiger partial charge >= 0.3 is 0 Å². The molecule has 0 aliphatic heterocycles. The van der Waals surface area contributed by atoms with Crippen LogP contribution >= 0.6 is 0 Å². The van der Waals surface area contributed by atoms with Crippen molar-refractivity contribution in [3.05, 3.63) is 162 Å². The summed E-state index contributed by atoms with van der Waals surface area (Å²) in [6, 6.07) is 53.7. The Hall–Kier alpha value is -4.88. The maximum absolute atomic E-state index is 2.71. The van der Waals surface area contributed by atoms with E-state index in [1.165, 1.54) is 100 Å². The topological polar surface area (TPSA) is 3.24 Å². The van der Waals surface area contributed by atoms with Crippen molar-refractivity contribution in [2.24, 2.45) is 29.1 Å². The predicted octanol–water partition coefficient (Wildman–Crippen LogP) is 14.2. The molecule has 0 heterocycles. The fraction of sp³-hybridized carbons (Fsp3) is 0.333. The third-order valence-corrected chi connectivity index (χ3v) is 16.4. The first-order valence-electron chi connectivity index (χ1n) is 21.2. The van der Waals surface area contributed by atoms with Gasteiger partial charge in [-0.15, -0.1) is 0 Å². The van der Waals surface area contributed by atoms with Crippen molar-refractivity contribution in [2.45, 2.75) is 82.5 Å². The van der Waals surface area contributed by atoms with Crippen molar-refractivity contribution < 1.29 is 0 Å². The summed E-state index contributed by atoms with van der Waals surface area (Å²) in [5.41, 5.74) is 19.1. The lowest BCUT2D eigenvalue weighted by atomic mass is 9.27. The molecule has 1 nitrogen and oxygen atoms in total. The van der Waals surface area contributed by atoms with Gasteiger partial charge in [-0.05, 0) is 159 Å². The SMILES string of the molecule is CC1(C)CCC(C)(C)c2c(N(c3ccc(-c4ccccc4)cc3)c3cc4c(cc3-c3ccccc3)C3(c5ccccc5-4)C4CC5CC6CC3C64C5)cccc21. The van der Waals surface area contributed by atoms with Crippen LogP contribution in [0.15, 0.2) is 140 Å². The Labute approximate surface area is 327 Å². The van der Waals surface area contributed by atoms with Crippen LogP contribution in [0.4, 0.5) is 17.1 Å². The largest absolute Gasteiger partial charge is 0.310 e. The molecular formula is C54H51N. The minimum Gasteiger partial charge on any atom is -0.310 e. The van der Waals surface area contributed by atoms with E-state index in [4.69, 9.17) is 0 Å². The summed E-state index contributed by atoms with van der Waals surface area (Å²) >= 11 is 0. The minimum absolute atomic E-state index is 0.0345. The Kier molecular flexibility index (Phi) is 6.42. The average Bonchev–Trinajstić information content (AvgIpc) is 3.84. The van der Waals surface area contributed by atoms with Crippen LogP contribution in [0.5, 0.6) is 0 Å². The molecule has 0 amide bonds. The molecule has 2 bridgehead atoms. The van der Waals surface area contributed by atoms with Crippen LogP contribution in [0.3, 0.4) is 0 Å². The fourth-order valence-corrected chi connectivity index (χ4v) is 14.1. The Bertz CT molecular complexity index is 2530. The molecule has 0 aromatic heterocycles. The summed E-state index contributed by atoms with van der Waals surface area (Å²) < 4.78 is 0. The lowest BCUT2D eigenvalue weighted by Gasteiger charge is -2.76. The van der Waals surface area contributed by atoms with Gasteiger partial charge in [0, 0.05) is 16.7 Å². The van der Waals surface area contributed by atoms with E-state index in [9.17, 15) is 0 Å². The van der Waals surface area contributed by atoms with Crippen molar-refractivity contribution >= 4 is 17.1 Å². The molecule has 0 radical (unpaired) electrons. The van der Waals surface area contributed by atoms with E-state index in [1.807, 2.05) is 0 Å². The van der Waals surface area contributed by atoms with Crippen LogP contribution in [-0.4, -0.2) is 0 Å². The standard InChI is InChI=1S/C54H51N/c1-51(2)26-27-52(3,4)50-44(51)20-13-21-46(50)55(39-24-22-36(23-25-39)35-14-7-5-8-15-35)47-32-42-40-18-11-12-19-43(40)54(45(42)31-41(47)37-16-9-6-10-17-37)48-29-34-28-38-30-49(54)53(38,48)33-34/h5-25,31-32,34,38,48-49H,26-30,33H2,1-4H3. The molecule has 0 saturated heterocycles. The smallest absolute Gasteiger partial charge is 0.0546 e. The Balaban J connectivity index is 1.14. The molecule has 6 aliphatic rings. The molecule has 272 valence electrons. The quantitative estimate of drug-likeness (QED) is 0.172. The van der Waals surface area contributed by atoms with Gasteiger partial charge in [0.1, 0.15) is 0 Å². The van der Waals surface area contributed by atoms with Crippen molar-refractivity contribution in [3.63, 3.8) is 0 Å². The normalized spacial score (nSPS) is 29.1. The number of anilines is 3. The third kappa shape index (κ3) is 4.05. The first-order valence-corrected chi connectivity index (χ1v) is 21.2. The van der Waals surface area contributed by atoms with Crippen LogP contribution in [0.1, 0.15) is 88.5 Å². The number of fused-ring (bicyclic) bond motifs is 9. The highest BCUT2D eigenvalue weighted by Crippen LogP contribution is 2.89. The van der Waals surface area contributed by atoms with Gasteiger partial charge in [-0.1, -0.05) is 137 Å². The number of benzene rings is 6. The molecule has 12 rings (SSSR count). The highest BCUT2D eigenvalue weighted by Gasteiger charge is 2.84. The molecule has 4 saturated carbocycles. The molecule has 6 unspecified atom stereocenters. The van der Waals surface area contributed by atoms with Gasteiger partial charge in [0.05, 0.1) is 11.4 Å². The molecule has 6 atom stereocenters. The van der Waals surface area contributed by atoms with Crippen molar-refractivity contribution in [1.29, 1.82) is 0 Å². The van der Waals surface area contributed by atoms with Gasteiger partial charge in [0.2, 0.25) is 0 Å². The van der Waals surface area contributed by atoms with Crippen molar-refractivity contribution in [3.8, 4) is 33.4 Å². The van der Waals surface area contributed by atoms with E-state index in [0.717, 1.165) is 23.7 Å². The van der Waals surface area contributed by atoms with Gasteiger partial charge in [-0.3, -0.25) is 0 Å². The van der Waals surface area contributed by atoms with Gasteiger partial charge in [0.15, 0.2) is 0 Å². The predicted molar refractivity (Wildman–Crippen MR) is 228 cm³/mol. The zero-order valence-corrected chi connectivity index (χ0v) is 32.8. The molecule has 6 aromatic carbocycles. The van der Waals surface area contributed by atoms with Crippen LogP contribution in [-0.2, 0) is 16.2 Å². The van der Waals surface area contributed by atoms with E-state index in [1.54, 1.807) is 11.1 Å². The second-order valence-corrected chi connectivity index (χ2v) is 19.6. The molecule has 4 fully saturated rings. The minimum atomic E-state index is 0.0345. The highest BCUT2D eigenvalue weighted by atomic mass is 15.1. The summed E-state index contributed by atoms with van der Waals surface area (Å²) in [6.07, 6.45) is 8.20. The summed E-state index contributed by atoms with van der Waals surface area (Å²) in [5.74, 6) is 3.48. The lowest BCUT2D eigenvalue weighted by molar-refractivity contribution is -0.231. The van der Waals surface area contributed by atoms with Crippen molar-refractivity contribution in [1.82, 2.24) is 0 Å². The summed E-state index contributed by atoms with van der Waals surface area (Å²) in [4.78, 5) is 2.66. The van der Waals surface area contributed by atoms with E-state index in [0.29, 0.717) is 5.41 Å². The maximum Gasteiger partial charge on any atom is 0.0546 e. The van der Waals surface area contributed by atoms with E-state index >= 15 is 0 Å². The van der Waals surface area contributed by atoms with Gasteiger partial charge in [-0.25, -0.2) is 0 Å². The lowest BCUT2D eigenvalue weighted by Crippen LogP contribution is -2.73. The number of rotatable bonds is 5. The number of nitrogens with zero attached hydrogens (tertiary/aromatic N) is 1. The van der Waals surface area contributed by atoms with Gasteiger partial charge < -0.3 is 4.90 Å². The third-order valence-electron chi connectivity index (χ3n) is 16.4. The Morgan fingerprint density at radius 3 is 1.91 bits per heavy atom. The van der Waals surface area contributed by atoms with Crippen molar-refractivity contribution in [2.75, 3.05) is 4.90 Å². The monoisotopic (exact) mass is 713 g/mol. The molecule has 55 heavy (non-hydrogen) atoms. The van der Waals surface area contributed by atoms with Crippen LogP contribution in [0.25, 0.3) is 33.4 Å². The molecule has 6 aromatic rings. The Morgan fingerprint density at radius 2 is 1.15 bits per heavy atom. The van der Waals surface area contributed by atoms with Crippen LogP contribution in [0, 0.1) is 29.1 Å². The maximum atomic E-state index is 2.71. The fourth-order valence-electron chi connectivity index (χ4n) is 14.1. The van der Waals surface area contributed by atoms with E-state index < -0.39 is 0 Å². The first-order chi connectivity index (χ1) is 26.7. The van der Waals surface area contributed by atoms with Crippen LogP contribution < -0.4 is 4.90 Å². The summed E-state index contributed by atoms with van der Waals surface area (Å²) in [5, 5.41) is 0. The second-order valence-electron chi connectivity index (χ2n) is 19.6. The Morgan fingerprint density at radius 1 is 0.491 bits per heavy atom. The summed E-state index contributed by atoms with van der Waals surface area (Å²) in [7, 11) is 0. The molecule has 0 N–H and O–H groups in total. The van der Waals surface area contributed by atoms with E-state index in [-0.39, 0.29) is 16.2 Å².